The lowest BCUT2D eigenvalue weighted by Gasteiger charge is -2.30. The molecule has 0 fully saturated rings. The van der Waals surface area contributed by atoms with Crippen molar-refractivity contribution in [1.82, 2.24) is 0 Å². The third-order valence-electron chi connectivity index (χ3n) is 3.73. The van der Waals surface area contributed by atoms with Gasteiger partial charge in [-0.15, -0.1) is 0 Å². The van der Waals surface area contributed by atoms with Crippen LogP contribution in [0.5, 0.6) is 0 Å². The normalized spacial score (nSPS) is 20.9. The summed E-state index contributed by atoms with van der Waals surface area (Å²) >= 11 is 0. The van der Waals surface area contributed by atoms with E-state index in [4.69, 9.17) is 5.73 Å². The molecule has 18 heavy (non-hydrogen) atoms. The number of hydrogen-bond donors (Lipinski definition) is 1. The largest absolute Gasteiger partial charge is 0.370 e. The van der Waals surface area contributed by atoms with E-state index in [1.54, 1.807) is 0 Å². The fourth-order valence-corrected chi connectivity index (χ4v) is 2.63. The third kappa shape index (κ3) is 2.50. The van der Waals surface area contributed by atoms with Crippen LogP contribution in [0.15, 0.2) is 29.3 Å². The molecular weight excluding hydrogens is 222 g/mol. The van der Waals surface area contributed by atoms with Gasteiger partial charge in [0, 0.05) is 5.69 Å². The summed E-state index contributed by atoms with van der Waals surface area (Å²) in [6.07, 6.45) is 2.43. The molecule has 0 amide bonds. The quantitative estimate of drug-likeness (QED) is 0.886. The zero-order valence-corrected chi connectivity index (χ0v) is 11.6. The number of nitrogens with zero attached hydrogens (tertiary/aromatic N) is 2. The molecule has 2 unspecified atom stereocenters. The highest BCUT2D eigenvalue weighted by Crippen LogP contribution is 2.27. The molecule has 3 nitrogen and oxygen atoms in total. The molecule has 1 aliphatic rings. The van der Waals surface area contributed by atoms with Crippen LogP contribution in [0.2, 0.25) is 0 Å². The first-order chi connectivity index (χ1) is 8.63. The predicted octanol–water partition coefficient (Wildman–Crippen LogP) is 2.93. The molecule has 98 valence electrons. The predicted molar refractivity (Wildman–Crippen MR) is 78.0 cm³/mol. The summed E-state index contributed by atoms with van der Waals surface area (Å²) in [5, 5.41) is 0. The van der Waals surface area contributed by atoms with Crippen LogP contribution in [0, 0.1) is 12.8 Å². The van der Waals surface area contributed by atoms with Gasteiger partial charge in [0.2, 0.25) is 0 Å². The van der Waals surface area contributed by atoms with Crippen LogP contribution in [-0.4, -0.2) is 18.5 Å². The Balaban J connectivity index is 2.22. The maximum Gasteiger partial charge on any atom is 0.196 e. The number of benzene rings is 1. The molecule has 0 radical (unpaired) electrons. The Labute approximate surface area is 110 Å². The van der Waals surface area contributed by atoms with E-state index in [0.717, 1.165) is 12.2 Å². The number of nitrogens with two attached hydrogens (primary N) is 1. The summed E-state index contributed by atoms with van der Waals surface area (Å²) in [4.78, 5) is 6.62. The van der Waals surface area contributed by atoms with Crippen molar-refractivity contribution in [3.8, 4) is 0 Å². The van der Waals surface area contributed by atoms with Gasteiger partial charge in [-0.2, -0.15) is 0 Å². The second kappa shape index (κ2) is 5.42. The minimum absolute atomic E-state index is 0.410. The molecular formula is C15H23N3. The average molecular weight is 245 g/mol. The lowest BCUT2D eigenvalue weighted by Crippen LogP contribution is -2.44. The van der Waals surface area contributed by atoms with Crippen molar-refractivity contribution in [2.24, 2.45) is 16.6 Å². The van der Waals surface area contributed by atoms with E-state index >= 15 is 0 Å². The molecule has 1 aliphatic heterocycles. The fraction of sp³-hybridized carbons (Fsp3) is 0.533. The highest BCUT2D eigenvalue weighted by Gasteiger charge is 2.31. The van der Waals surface area contributed by atoms with E-state index in [2.05, 4.69) is 54.9 Å². The Morgan fingerprint density at radius 2 is 2.06 bits per heavy atom. The van der Waals surface area contributed by atoms with Crippen molar-refractivity contribution in [2.75, 3.05) is 11.4 Å². The first kappa shape index (κ1) is 12.9. The number of hydrogen-bond acceptors (Lipinski definition) is 3. The van der Waals surface area contributed by atoms with Crippen LogP contribution in [0.1, 0.15) is 32.3 Å². The van der Waals surface area contributed by atoms with Crippen molar-refractivity contribution in [3.05, 3.63) is 29.8 Å². The fourth-order valence-electron chi connectivity index (χ4n) is 2.63. The second-order valence-electron chi connectivity index (χ2n) is 5.24. The average Bonchev–Trinajstić information content (AvgIpc) is 2.73. The van der Waals surface area contributed by atoms with Crippen LogP contribution in [0.4, 0.5) is 5.69 Å². The maximum absolute atomic E-state index is 6.05. The lowest BCUT2D eigenvalue weighted by molar-refractivity contribution is 0.439. The zero-order valence-electron chi connectivity index (χ0n) is 11.6. The molecule has 3 heteroatoms. The van der Waals surface area contributed by atoms with Crippen molar-refractivity contribution in [2.45, 2.75) is 39.7 Å². The topological polar surface area (TPSA) is 41.6 Å². The highest BCUT2D eigenvalue weighted by molar-refractivity contribution is 5.97. The molecule has 0 spiro atoms. The zero-order chi connectivity index (χ0) is 13.1. The van der Waals surface area contributed by atoms with E-state index in [1.807, 2.05) is 0 Å². The Kier molecular flexibility index (Phi) is 3.90. The van der Waals surface area contributed by atoms with Crippen LogP contribution in [0.3, 0.4) is 0 Å². The standard InChI is InChI=1S/C15H23N3/c1-4-5-12(3)14-10-17-15(16)18(14)13-8-6-11(2)7-9-13/h6-9,12,14H,4-5,10H2,1-3H3,(H2,16,17). The highest BCUT2D eigenvalue weighted by atomic mass is 15.3. The van der Waals surface area contributed by atoms with Crippen LogP contribution >= 0.6 is 0 Å². The van der Waals surface area contributed by atoms with Gasteiger partial charge in [0.1, 0.15) is 0 Å². The van der Waals surface area contributed by atoms with E-state index in [-0.39, 0.29) is 0 Å². The molecule has 2 rings (SSSR count). The van der Waals surface area contributed by atoms with E-state index in [1.165, 1.54) is 18.4 Å². The van der Waals surface area contributed by atoms with Crippen molar-refractivity contribution in [3.63, 3.8) is 0 Å². The van der Waals surface area contributed by atoms with Crippen LogP contribution in [0.25, 0.3) is 0 Å². The molecule has 0 saturated heterocycles. The van der Waals surface area contributed by atoms with Crippen LogP contribution < -0.4 is 10.6 Å². The maximum atomic E-state index is 6.05. The molecule has 2 N–H and O–H groups in total. The number of anilines is 1. The van der Waals surface area contributed by atoms with E-state index in [0.29, 0.717) is 17.9 Å². The number of rotatable bonds is 4. The van der Waals surface area contributed by atoms with Gasteiger partial charge in [0.15, 0.2) is 5.96 Å². The van der Waals surface area contributed by atoms with Gasteiger partial charge in [0.25, 0.3) is 0 Å². The lowest BCUT2D eigenvalue weighted by atomic mass is 9.96. The smallest absolute Gasteiger partial charge is 0.196 e. The molecule has 2 atom stereocenters. The summed E-state index contributed by atoms with van der Waals surface area (Å²) in [5.41, 5.74) is 8.48. The molecule has 1 heterocycles. The first-order valence-corrected chi connectivity index (χ1v) is 6.79. The summed E-state index contributed by atoms with van der Waals surface area (Å²) in [5.74, 6) is 1.27. The second-order valence-corrected chi connectivity index (χ2v) is 5.24. The first-order valence-electron chi connectivity index (χ1n) is 6.79. The Hall–Kier alpha value is -1.51. The van der Waals surface area contributed by atoms with Crippen molar-refractivity contribution in [1.29, 1.82) is 0 Å². The minimum Gasteiger partial charge on any atom is -0.370 e. The Morgan fingerprint density at radius 3 is 2.67 bits per heavy atom. The van der Waals surface area contributed by atoms with Crippen LogP contribution in [-0.2, 0) is 0 Å². The van der Waals surface area contributed by atoms with Gasteiger partial charge >= 0.3 is 0 Å². The summed E-state index contributed by atoms with van der Waals surface area (Å²) < 4.78 is 0. The number of guanidine groups is 1. The Morgan fingerprint density at radius 1 is 1.39 bits per heavy atom. The van der Waals surface area contributed by atoms with Gasteiger partial charge in [-0.3, -0.25) is 4.99 Å². The monoisotopic (exact) mass is 245 g/mol. The molecule has 1 aromatic carbocycles. The number of aryl methyl sites for hydroxylation is 1. The molecule has 1 aromatic rings. The number of aliphatic imine (C=N–C) groups is 1. The van der Waals surface area contributed by atoms with Gasteiger partial charge < -0.3 is 10.6 Å². The van der Waals surface area contributed by atoms with Gasteiger partial charge in [-0.25, -0.2) is 0 Å². The molecule has 0 saturated carbocycles. The van der Waals surface area contributed by atoms with Gasteiger partial charge in [-0.05, 0) is 31.4 Å². The summed E-state index contributed by atoms with van der Waals surface area (Å²) in [7, 11) is 0. The van der Waals surface area contributed by atoms with E-state index < -0.39 is 0 Å². The molecule has 0 bridgehead atoms. The van der Waals surface area contributed by atoms with E-state index in [9.17, 15) is 0 Å². The third-order valence-corrected chi connectivity index (χ3v) is 3.73. The molecule has 0 aliphatic carbocycles. The minimum atomic E-state index is 0.410. The summed E-state index contributed by atoms with van der Waals surface area (Å²) in [6.45, 7) is 7.44. The Bertz CT molecular complexity index is 422. The van der Waals surface area contributed by atoms with Crippen molar-refractivity contribution >= 4 is 11.6 Å². The van der Waals surface area contributed by atoms with Gasteiger partial charge in [-0.1, -0.05) is 38.0 Å². The summed E-state index contributed by atoms with van der Waals surface area (Å²) in [6, 6.07) is 8.93. The molecule has 0 aromatic heterocycles. The van der Waals surface area contributed by atoms with Crippen molar-refractivity contribution < 1.29 is 0 Å². The van der Waals surface area contributed by atoms with Gasteiger partial charge in [0.05, 0.1) is 12.6 Å². The SMILES string of the molecule is CCCC(C)C1CN=C(N)N1c1ccc(C)cc1.